The Kier molecular flexibility index (Phi) is 5.88. The van der Waals surface area contributed by atoms with Crippen LogP contribution in [-0.4, -0.2) is 23.1 Å². The SMILES string of the molecule is CC(SCc1ccccc1)C(=O)N(C)Cc1ccccc1. The van der Waals surface area contributed by atoms with E-state index in [1.165, 1.54) is 5.56 Å². The highest BCUT2D eigenvalue weighted by molar-refractivity contribution is 7.99. The lowest BCUT2D eigenvalue weighted by Crippen LogP contribution is -2.32. The van der Waals surface area contributed by atoms with Gasteiger partial charge < -0.3 is 4.90 Å². The maximum absolute atomic E-state index is 12.4. The molecular weight excluding hydrogens is 278 g/mol. The van der Waals surface area contributed by atoms with Gasteiger partial charge in [0.25, 0.3) is 0 Å². The van der Waals surface area contributed by atoms with Crippen LogP contribution in [0.25, 0.3) is 0 Å². The van der Waals surface area contributed by atoms with Gasteiger partial charge in [-0.2, -0.15) is 0 Å². The maximum atomic E-state index is 12.4. The Morgan fingerprint density at radius 1 is 1.00 bits per heavy atom. The van der Waals surface area contributed by atoms with E-state index in [0.29, 0.717) is 6.54 Å². The molecular formula is C18H21NOS. The molecule has 1 amide bonds. The number of hydrogen-bond donors (Lipinski definition) is 0. The highest BCUT2D eigenvalue weighted by Gasteiger charge is 2.17. The van der Waals surface area contributed by atoms with Crippen LogP contribution in [0.15, 0.2) is 60.7 Å². The van der Waals surface area contributed by atoms with E-state index in [1.54, 1.807) is 16.7 Å². The molecule has 0 saturated heterocycles. The molecule has 2 aromatic carbocycles. The summed E-state index contributed by atoms with van der Waals surface area (Å²) >= 11 is 1.69. The zero-order valence-corrected chi connectivity index (χ0v) is 13.3. The van der Waals surface area contributed by atoms with Gasteiger partial charge in [-0.25, -0.2) is 0 Å². The largest absolute Gasteiger partial charge is 0.340 e. The van der Waals surface area contributed by atoms with Crippen LogP contribution in [0.4, 0.5) is 0 Å². The second-order valence-electron chi connectivity index (χ2n) is 5.12. The van der Waals surface area contributed by atoms with Crippen molar-refractivity contribution in [1.29, 1.82) is 0 Å². The van der Waals surface area contributed by atoms with Gasteiger partial charge in [0, 0.05) is 19.3 Å². The minimum atomic E-state index is -0.0288. The number of carbonyl (C=O) groups excluding carboxylic acids is 1. The monoisotopic (exact) mass is 299 g/mol. The minimum absolute atomic E-state index is 0.0288. The van der Waals surface area contributed by atoms with E-state index in [-0.39, 0.29) is 11.2 Å². The van der Waals surface area contributed by atoms with Crippen LogP contribution < -0.4 is 0 Å². The molecule has 1 unspecified atom stereocenters. The van der Waals surface area contributed by atoms with Crippen molar-refractivity contribution in [1.82, 2.24) is 4.90 Å². The Balaban J connectivity index is 1.84. The second kappa shape index (κ2) is 7.89. The molecule has 21 heavy (non-hydrogen) atoms. The first-order valence-electron chi connectivity index (χ1n) is 7.11. The predicted octanol–water partition coefficient (Wildman–Crippen LogP) is 3.97. The summed E-state index contributed by atoms with van der Waals surface area (Å²) in [7, 11) is 1.87. The highest BCUT2D eigenvalue weighted by atomic mass is 32.2. The molecule has 0 heterocycles. The average molecular weight is 299 g/mol. The first kappa shape index (κ1) is 15.6. The van der Waals surface area contributed by atoms with Crippen molar-refractivity contribution in [3.05, 3.63) is 71.8 Å². The number of carbonyl (C=O) groups is 1. The van der Waals surface area contributed by atoms with Crippen LogP contribution in [-0.2, 0) is 17.1 Å². The fourth-order valence-electron chi connectivity index (χ4n) is 2.11. The van der Waals surface area contributed by atoms with Crippen molar-refractivity contribution in [2.24, 2.45) is 0 Å². The van der Waals surface area contributed by atoms with Crippen LogP contribution in [0.1, 0.15) is 18.1 Å². The first-order chi connectivity index (χ1) is 10.2. The third kappa shape index (κ3) is 4.94. The van der Waals surface area contributed by atoms with E-state index in [4.69, 9.17) is 0 Å². The third-order valence-corrected chi connectivity index (χ3v) is 4.53. The van der Waals surface area contributed by atoms with E-state index in [1.807, 2.05) is 62.5 Å². The zero-order chi connectivity index (χ0) is 15.1. The highest BCUT2D eigenvalue weighted by Crippen LogP contribution is 2.19. The van der Waals surface area contributed by atoms with Gasteiger partial charge in [0.05, 0.1) is 5.25 Å². The van der Waals surface area contributed by atoms with Gasteiger partial charge in [-0.3, -0.25) is 4.79 Å². The van der Waals surface area contributed by atoms with Crippen LogP contribution >= 0.6 is 11.8 Å². The average Bonchev–Trinajstić information content (AvgIpc) is 2.53. The van der Waals surface area contributed by atoms with Crippen molar-refractivity contribution >= 4 is 17.7 Å². The van der Waals surface area contributed by atoms with Crippen LogP contribution in [0.2, 0.25) is 0 Å². The molecule has 0 aliphatic heterocycles. The van der Waals surface area contributed by atoms with Gasteiger partial charge in [-0.15, -0.1) is 11.8 Å². The fraction of sp³-hybridized carbons (Fsp3) is 0.278. The number of benzene rings is 2. The number of hydrogen-bond acceptors (Lipinski definition) is 2. The van der Waals surface area contributed by atoms with Gasteiger partial charge >= 0.3 is 0 Å². The molecule has 0 spiro atoms. The molecule has 0 saturated carbocycles. The molecule has 0 radical (unpaired) electrons. The van der Waals surface area contributed by atoms with Gasteiger partial charge in [0.1, 0.15) is 0 Å². The summed E-state index contributed by atoms with van der Waals surface area (Å²) in [6.45, 7) is 2.65. The zero-order valence-electron chi connectivity index (χ0n) is 12.5. The smallest absolute Gasteiger partial charge is 0.235 e. The van der Waals surface area contributed by atoms with Crippen molar-refractivity contribution in [2.75, 3.05) is 7.05 Å². The molecule has 110 valence electrons. The summed E-state index contributed by atoms with van der Waals surface area (Å²) < 4.78 is 0. The summed E-state index contributed by atoms with van der Waals surface area (Å²) in [6, 6.07) is 20.4. The first-order valence-corrected chi connectivity index (χ1v) is 8.16. The summed E-state index contributed by atoms with van der Waals surface area (Å²) in [5.41, 5.74) is 2.42. The Hall–Kier alpha value is -1.74. The van der Waals surface area contributed by atoms with Gasteiger partial charge in [0.2, 0.25) is 5.91 Å². The van der Waals surface area contributed by atoms with E-state index in [0.717, 1.165) is 11.3 Å². The molecule has 0 aromatic heterocycles. The Morgan fingerprint density at radius 2 is 1.52 bits per heavy atom. The lowest BCUT2D eigenvalue weighted by atomic mass is 10.2. The molecule has 2 nitrogen and oxygen atoms in total. The van der Waals surface area contributed by atoms with Crippen LogP contribution in [0.5, 0.6) is 0 Å². The molecule has 0 fully saturated rings. The van der Waals surface area contributed by atoms with Crippen LogP contribution in [0, 0.1) is 0 Å². The predicted molar refractivity (Wildman–Crippen MR) is 90.1 cm³/mol. The molecule has 2 rings (SSSR count). The standard InChI is InChI=1S/C18H21NOS/c1-15(21-14-17-11-7-4-8-12-17)18(20)19(2)13-16-9-5-3-6-10-16/h3-12,15H,13-14H2,1-2H3. The van der Waals surface area contributed by atoms with E-state index >= 15 is 0 Å². The molecule has 0 N–H and O–H groups in total. The summed E-state index contributed by atoms with van der Waals surface area (Å²) in [4.78, 5) is 14.2. The Bertz CT molecular complexity index is 556. The van der Waals surface area contributed by atoms with Crippen molar-refractivity contribution < 1.29 is 4.79 Å². The van der Waals surface area contributed by atoms with Gasteiger partial charge in [-0.1, -0.05) is 60.7 Å². The van der Waals surface area contributed by atoms with Crippen molar-refractivity contribution in [3.63, 3.8) is 0 Å². The molecule has 0 aliphatic carbocycles. The Morgan fingerprint density at radius 3 is 2.10 bits per heavy atom. The lowest BCUT2D eigenvalue weighted by Gasteiger charge is -2.21. The fourth-order valence-corrected chi connectivity index (χ4v) is 3.07. The lowest BCUT2D eigenvalue weighted by molar-refractivity contribution is -0.129. The summed E-state index contributed by atoms with van der Waals surface area (Å²) in [5.74, 6) is 1.05. The van der Waals surface area contributed by atoms with E-state index < -0.39 is 0 Å². The molecule has 0 aliphatic rings. The maximum Gasteiger partial charge on any atom is 0.235 e. The summed E-state index contributed by atoms with van der Waals surface area (Å²) in [6.07, 6.45) is 0. The molecule has 1 atom stereocenters. The number of amides is 1. The van der Waals surface area contributed by atoms with Crippen molar-refractivity contribution in [3.8, 4) is 0 Å². The summed E-state index contributed by atoms with van der Waals surface area (Å²) in [5, 5.41) is -0.0288. The van der Waals surface area contributed by atoms with Gasteiger partial charge in [0.15, 0.2) is 0 Å². The molecule has 0 bridgehead atoms. The third-order valence-electron chi connectivity index (χ3n) is 3.33. The van der Waals surface area contributed by atoms with Gasteiger partial charge in [-0.05, 0) is 18.1 Å². The second-order valence-corrected chi connectivity index (χ2v) is 6.45. The number of rotatable bonds is 6. The molecule has 2 aromatic rings. The van der Waals surface area contributed by atoms with E-state index in [2.05, 4.69) is 12.1 Å². The normalized spacial score (nSPS) is 11.9. The minimum Gasteiger partial charge on any atom is -0.340 e. The van der Waals surface area contributed by atoms with Crippen molar-refractivity contribution in [2.45, 2.75) is 24.5 Å². The quantitative estimate of drug-likeness (QED) is 0.804. The number of nitrogens with zero attached hydrogens (tertiary/aromatic N) is 1. The Labute approximate surface area is 131 Å². The molecule has 3 heteroatoms. The topological polar surface area (TPSA) is 20.3 Å². The number of thioether (sulfide) groups is 1. The van der Waals surface area contributed by atoms with E-state index in [9.17, 15) is 4.79 Å². The van der Waals surface area contributed by atoms with Crippen LogP contribution in [0.3, 0.4) is 0 Å².